The Labute approximate surface area is 157 Å². The molecule has 0 spiro atoms. The summed E-state index contributed by atoms with van der Waals surface area (Å²) in [5, 5.41) is 3.13. The van der Waals surface area contributed by atoms with Gasteiger partial charge in [0, 0.05) is 28.7 Å². The van der Waals surface area contributed by atoms with Gasteiger partial charge >= 0.3 is 0 Å². The highest BCUT2D eigenvalue weighted by Gasteiger charge is 2.32. The minimum absolute atomic E-state index is 0.0123. The van der Waals surface area contributed by atoms with E-state index < -0.39 is 6.04 Å². The molecule has 3 nitrogen and oxygen atoms in total. The molecule has 0 saturated heterocycles. The van der Waals surface area contributed by atoms with Crippen LogP contribution in [0.4, 0.5) is 0 Å². The number of carbonyl (C=O) groups excluding carboxylic acids is 1. The average Bonchev–Trinajstić information content (AvgIpc) is 2.58. The lowest BCUT2D eigenvalue weighted by molar-refractivity contribution is -0.692. The van der Waals surface area contributed by atoms with Gasteiger partial charge < -0.3 is 5.32 Å². The third kappa shape index (κ3) is 4.71. The molecule has 2 rings (SSSR count). The zero-order chi connectivity index (χ0) is 17.5. The molecule has 0 aliphatic rings. The molecule has 126 valence electrons. The van der Waals surface area contributed by atoms with Crippen molar-refractivity contribution in [3.8, 4) is 0 Å². The van der Waals surface area contributed by atoms with Gasteiger partial charge in [-0.15, -0.1) is 0 Å². The molecule has 0 unspecified atom stereocenters. The predicted molar refractivity (Wildman–Crippen MR) is 104 cm³/mol. The lowest BCUT2D eigenvalue weighted by Crippen LogP contribution is -2.51. The number of hydrogen-bond donors (Lipinski definition) is 1. The van der Waals surface area contributed by atoms with E-state index in [2.05, 4.69) is 40.3 Å². The first-order valence-corrected chi connectivity index (χ1v) is 9.34. The van der Waals surface area contributed by atoms with Gasteiger partial charge in [-0.1, -0.05) is 53.6 Å². The van der Waals surface area contributed by atoms with Crippen LogP contribution >= 0.6 is 28.1 Å². The number of aromatic nitrogens is 1. The van der Waals surface area contributed by atoms with Gasteiger partial charge in [0.25, 0.3) is 6.04 Å². The van der Waals surface area contributed by atoms with E-state index in [9.17, 15) is 4.79 Å². The van der Waals surface area contributed by atoms with E-state index in [-0.39, 0.29) is 5.78 Å². The molecule has 0 aliphatic heterocycles. The van der Waals surface area contributed by atoms with Crippen LogP contribution in [0.15, 0.2) is 53.3 Å². The van der Waals surface area contributed by atoms with Gasteiger partial charge in [-0.2, -0.15) is 4.57 Å². The molecule has 1 aromatic carbocycles. The first-order chi connectivity index (χ1) is 11.6. The van der Waals surface area contributed by atoms with Crippen molar-refractivity contribution >= 4 is 38.9 Å². The highest BCUT2D eigenvalue weighted by atomic mass is 79.9. The van der Waals surface area contributed by atoms with Crippen LogP contribution in [0.3, 0.4) is 0 Å². The van der Waals surface area contributed by atoms with E-state index >= 15 is 0 Å². The summed E-state index contributed by atoms with van der Waals surface area (Å²) in [5.74, 6) is -0.0123. The third-order valence-electron chi connectivity index (χ3n) is 3.73. The summed E-state index contributed by atoms with van der Waals surface area (Å²) in [6, 6.07) is 11.0. The van der Waals surface area contributed by atoms with Crippen molar-refractivity contribution in [2.24, 2.45) is 0 Å². The molecule has 5 heteroatoms. The minimum Gasteiger partial charge on any atom is -0.374 e. The van der Waals surface area contributed by atoms with Gasteiger partial charge in [-0.05, 0) is 31.0 Å². The van der Waals surface area contributed by atoms with Crippen LogP contribution in [0, 0.1) is 0 Å². The quantitative estimate of drug-likeness (QED) is 0.428. The fourth-order valence-electron chi connectivity index (χ4n) is 2.53. The Hall–Kier alpha value is -1.59. The highest BCUT2D eigenvalue weighted by Crippen LogP contribution is 2.15. The second kappa shape index (κ2) is 9.04. The van der Waals surface area contributed by atoms with Gasteiger partial charge in [0.15, 0.2) is 17.4 Å². The molecule has 1 aromatic heterocycles. The second-order valence-electron chi connectivity index (χ2n) is 5.57. The Bertz CT molecular complexity index is 698. The standard InChI is InChI=1S/C19H21BrN2OS/c1-3-5-14-10-12-22(13-11-14)17(19(24)21-4-2)18(23)15-6-8-16(20)9-7-15/h6-13,17H,3-5H2,1-2H3/p+1/t17-/m0/s1. The van der Waals surface area contributed by atoms with Crippen LogP contribution in [0.1, 0.15) is 42.2 Å². The van der Waals surface area contributed by atoms with Crippen LogP contribution < -0.4 is 9.88 Å². The van der Waals surface area contributed by atoms with E-state index in [0.717, 1.165) is 17.3 Å². The molecular weight excluding hydrogens is 384 g/mol. The van der Waals surface area contributed by atoms with Crippen molar-refractivity contribution < 1.29 is 9.36 Å². The fraction of sp³-hybridized carbons (Fsp3) is 0.316. The molecule has 1 N–H and O–H groups in total. The van der Waals surface area contributed by atoms with E-state index in [4.69, 9.17) is 12.2 Å². The summed E-state index contributed by atoms with van der Waals surface area (Å²) in [7, 11) is 0. The number of nitrogens with one attached hydrogen (secondary N) is 1. The SMILES string of the molecule is CCCc1cc[n+]([C@@H](C(=O)c2ccc(Br)cc2)C(=S)NCC)cc1. The molecule has 2 aromatic rings. The van der Waals surface area contributed by atoms with Crippen molar-refractivity contribution in [1.82, 2.24) is 5.32 Å². The van der Waals surface area contributed by atoms with Gasteiger partial charge in [-0.25, -0.2) is 0 Å². The van der Waals surface area contributed by atoms with Gasteiger partial charge in [0.2, 0.25) is 5.78 Å². The third-order valence-corrected chi connectivity index (χ3v) is 4.63. The van der Waals surface area contributed by atoms with Crippen molar-refractivity contribution in [2.75, 3.05) is 6.54 Å². The molecule has 1 atom stereocenters. The average molecular weight is 406 g/mol. The van der Waals surface area contributed by atoms with E-state index in [1.54, 1.807) is 0 Å². The number of thiocarbonyl (C=S) groups is 1. The number of pyridine rings is 1. The largest absolute Gasteiger partial charge is 0.374 e. The summed E-state index contributed by atoms with van der Waals surface area (Å²) >= 11 is 8.88. The maximum Gasteiger partial charge on any atom is 0.270 e. The first-order valence-electron chi connectivity index (χ1n) is 8.14. The molecule has 0 amide bonds. The normalized spacial score (nSPS) is 11.8. The smallest absolute Gasteiger partial charge is 0.270 e. The lowest BCUT2D eigenvalue weighted by atomic mass is 10.0. The van der Waals surface area contributed by atoms with Crippen molar-refractivity contribution in [3.05, 3.63) is 64.4 Å². The van der Waals surface area contributed by atoms with Gasteiger partial charge in [0.1, 0.15) is 0 Å². The van der Waals surface area contributed by atoms with E-state index in [1.807, 2.05) is 48.1 Å². The first kappa shape index (κ1) is 18.7. The van der Waals surface area contributed by atoms with Gasteiger partial charge in [0.05, 0.1) is 0 Å². The Morgan fingerprint density at radius 3 is 2.33 bits per heavy atom. The molecule has 24 heavy (non-hydrogen) atoms. The number of halogens is 1. The minimum atomic E-state index is -0.531. The molecule has 0 fully saturated rings. The summed E-state index contributed by atoms with van der Waals surface area (Å²) in [6.07, 6.45) is 6.01. The van der Waals surface area contributed by atoms with Crippen LogP contribution in [-0.2, 0) is 6.42 Å². The zero-order valence-electron chi connectivity index (χ0n) is 14.0. The molecule has 0 saturated carbocycles. The molecular formula is C19H22BrN2OS+. The maximum absolute atomic E-state index is 13.0. The molecule has 0 radical (unpaired) electrons. The number of nitrogens with zero attached hydrogens (tertiary/aromatic N) is 1. The Morgan fingerprint density at radius 2 is 1.79 bits per heavy atom. The number of likely N-dealkylation sites (N-methyl/N-ethyl adjacent to an activating group) is 1. The van der Waals surface area contributed by atoms with Crippen LogP contribution in [0.2, 0.25) is 0 Å². The summed E-state index contributed by atoms with van der Waals surface area (Å²) in [6.45, 7) is 4.82. The number of hydrogen-bond acceptors (Lipinski definition) is 2. The number of aryl methyl sites for hydroxylation is 1. The van der Waals surface area contributed by atoms with E-state index in [0.29, 0.717) is 17.1 Å². The summed E-state index contributed by atoms with van der Waals surface area (Å²) < 4.78 is 2.83. The topological polar surface area (TPSA) is 33.0 Å². The number of rotatable bonds is 7. The number of benzene rings is 1. The van der Waals surface area contributed by atoms with Crippen molar-refractivity contribution in [2.45, 2.75) is 32.7 Å². The number of carbonyl (C=O) groups is 1. The van der Waals surface area contributed by atoms with E-state index in [1.165, 1.54) is 5.56 Å². The predicted octanol–water partition coefficient (Wildman–Crippen LogP) is 4.05. The van der Waals surface area contributed by atoms with Gasteiger partial charge in [-0.3, -0.25) is 4.79 Å². The highest BCUT2D eigenvalue weighted by molar-refractivity contribution is 9.10. The maximum atomic E-state index is 13.0. The van der Waals surface area contributed by atoms with Crippen molar-refractivity contribution in [3.63, 3.8) is 0 Å². The van der Waals surface area contributed by atoms with Crippen LogP contribution in [-0.4, -0.2) is 17.3 Å². The lowest BCUT2D eigenvalue weighted by Gasteiger charge is -2.14. The number of Topliss-reactive ketones (excluding diaryl/α,β-unsaturated/α-hetero) is 1. The second-order valence-corrected chi connectivity index (χ2v) is 6.93. The Morgan fingerprint density at radius 1 is 1.17 bits per heavy atom. The summed E-state index contributed by atoms with van der Waals surface area (Å²) in [4.78, 5) is 13.6. The molecule has 0 bridgehead atoms. The Kier molecular flexibility index (Phi) is 7.06. The van der Waals surface area contributed by atoms with Crippen LogP contribution in [0.5, 0.6) is 0 Å². The molecule has 0 aliphatic carbocycles. The molecule has 1 heterocycles. The van der Waals surface area contributed by atoms with Crippen LogP contribution in [0.25, 0.3) is 0 Å². The zero-order valence-corrected chi connectivity index (χ0v) is 16.4. The van der Waals surface area contributed by atoms with Crippen molar-refractivity contribution in [1.29, 1.82) is 0 Å². The summed E-state index contributed by atoms with van der Waals surface area (Å²) in [5.41, 5.74) is 1.91. The monoisotopic (exact) mass is 405 g/mol. The Balaban J connectivity index is 2.35. The fourth-order valence-corrected chi connectivity index (χ4v) is 3.17. The number of ketones is 1.